The summed E-state index contributed by atoms with van der Waals surface area (Å²) in [4.78, 5) is 22.6. The van der Waals surface area contributed by atoms with Crippen molar-refractivity contribution in [3.05, 3.63) is 35.4 Å². The molecule has 0 fully saturated rings. The first kappa shape index (κ1) is 19.4. The molecule has 0 aromatic heterocycles. The fourth-order valence-electron chi connectivity index (χ4n) is 2.68. The van der Waals surface area contributed by atoms with Gasteiger partial charge in [0.05, 0.1) is 0 Å². The molecule has 2 N–H and O–H groups in total. The van der Waals surface area contributed by atoms with Gasteiger partial charge in [-0.1, -0.05) is 37.1 Å². The number of Topliss-reactive ketones (excluding diaryl/α,β-unsaturated/α-hetero) is 1. The smallest absolute Gasteiger partial charge is 0.287 e. The fraction of sp³-hybridized carbons (Fsp3) is 0.579. The molecule has 0 aliphatic rings. The van der Waals surface area contributed by atoms with E-state index in [0.717, 1.165) is 51.4 Å². The highest BCUT2D eigenvalue weighted by Gasteiger charge is 2.10. The van der Waals surface area contributed by atoms with Gasteiger partial charge in [0, 0.05) is 20.1 Å². The summed E-state index contributed by atoms with van der Waals surface area (Å²) < 4.78 is 0. The average molecular weight is 319 g/mol. The summed E-state index contributed by atoms with van der Waals surface area (Å²) in [7, 11) is 1.48. The second-order valence-corrected chi connectivity index (χ2v) is 5.87. The third-order valence-electron chi connectivity index (χ3n) is 4.05. The van der Waals surface area contributed by atoms with Crippen molar-refractivity contribution in [3.63, 3.8) is 0 Å². The number of hydrogen-bond acceptors (Lipinski definition) is 3. The highest BCUT2D eigenvalue weighted by atomic mass is 16.3. The molecular weight excluding hydrogens is 290 g/mol. The summed E-state index contributed by atoms with van der Waals surface area (Å²) in [5.74, 6) is -0.821. The minimum absolute atomic E-state index is 0.283. The number of nitrogens with one attached hydrogen (secondary N) is 1. The zero-order valence-electron chi connectivity index (χ0n) is 14.1. The maximum Gasteiger partial charge on any atom is 0.287 e. The van der Waals surface area contributed by atoms with Crippen LogP contribution in [0.1, 0.15) is 56.1 Å². The van der Waals surface area contributed by atoms with Gasteiger partial charge in [0.15, 0.2) is 0 Å². The molecule has 0 aliphatic carbocycles. The van der Waals surface area contributed by atoms with Crippen LogP contribution in [0.15, 0.2) is 24.3 Å². The minimum atomic E-state index is -0.492. The summed E-state index contributed by atoms with van der Waals surface area (Å²) >= 11 is 0. The predicted molar refractivity (Wildman–Crippen MR) is 92.3 cm³/mol. The van der Waals surface area contributed by atoms with Gasteiger partial charge < -0.3 is 10.4 Å². The molecule has 0 aliphatic heterocycles. The number of hydrogen-bond donors (Lipinski definition) is 2. The first-order valence-electron chi connectivity index (χ1n) is 8.61. The van der Waals surface area contributed by atoms with Crippen LogP contribution in [0.3, 0.4) is 0 Å². The van der Waals surface area contributed by atoms with Crippen LogP contribution in [0.2, 0.25) is 0 Å². The second kappa shape index (κ2) is 11.8. The Balaban J connectivity index is 2.33. The molecule has 0 spiro atoms. The lowest BCUT2D eigenvalue weighted by Crippen LogP contribution is -2.27. The first-order chi connectivity index (χ1) is 11.2. The summed E-state index contributed by atoms with van der Waals surface area (Å²) in [6.07, 6.45) is 8.28. The Morgan fingerprint density at radius 2 is 1.48 bits per heavy atom. The van der Waals surface area contributed by atoms with Crippen LogP contribution < -0.4 is 5.32 Å². The molecule has 0 saturated heterocycles. The number of benzene rings is 1. The Labute approximate surface area is 139 Å². The number of unbranched alkanes of at least 4 members (excludes halogenated alkanes) is 4. The van der Waals surface area contributed by atoms with Crippen molar-refractivity contribution in [2.75, 3.05) is 13.7 Å². The van der Waals surface area contributed by atoms with E-state index in [9.17, 15) is 9.59 Å². The standard InChI is InChI=1S/C19H29NO3/c1-20-19(23)18(22)14-8-7-13-17-12-6-5-11-16(17)10-4-2-3-9-15-21/h5-6,11-12,21H,2-4,7-10,13-15H2,1H3,(H,20,23). The number of carbonyl (C=O) groups excluding carboxylic acids is 2. The molecule has 0 unspecified atom stereocenters. The number of aliphatic hydroxyl groups excluding tert-OH is 1. The number of carbonyl (C=O) groups is 2. The van der Waals surface area contributed by atoms with Crippen LogP contribution in [0, 0.1) is 0 Å². The molecular formula is C19H29NO3. The van der Waals surface area contributed by atoms with E-state index in [-0.39, 0.29) is 12.4 Å². The number of aliphatic hydroxyl groups is 1. The van der Waals surface area contributed by atoms with E-state index in [1.54, 1.807) is 0 Å². The van der Waals surface area contributed by atoms with Crippen molar-refractivity contribution in [1.29, 1.82) is 0 Å². The molecule has 0 atom stereocenters. The van der Waals surface area contributed by atoms with E-state index < -0.39 is 5.91 Å². The zero-order chi connectivity index (χ0) is 16.9. The van der Waals surface area contributed by atoms with Crippen LogP contribution in [0.25, 0.3) is 0 Å². The Bertz CT molecular complexity index is 485. The van der Waals surface area contributed by atoms with Gasteiger partial charge in [-0.2, -0.15) is 0 Å². The van der Waals surface area contributed by atoms with Crippen molar-refractivity contribution in [2.24, 2.45) is 0 Å². The molecule has 23 heavy (non-hydrogen) atoms. The van der Waals surface area contributed by atoms with Crippen LogP contribution in [-0.4, -0.2) is 30.5 Å². The van der Waals surface area contributed by atoms with Gasteiger partial charge in [0.2, 0.25) is 5.78 Å². The number of ketones is 1. The lowest BCUT2D eigenvalue weighted by molar-refractivity contribution is -0.137. The topological polar surface area (TPSA) is 66.4 Å². The summed E-state index contributed by atoms with van der Waals surface area (Å²) in [5, 5.41) is 11.2. The maximum absolute atomic E-state index is 11.5. The van der Waals surface area contributed by atoms with Gasteiger partial charge in [-0.15, -0.1) is 0 Å². The van der Waals surface area contributed by atoms with E-state index in [0.29, 0.717) is 6.42 Å². The maximum atomic E-state index is 11.5. The molecule has 1 aromatic carbocycles. The third kappa shape index (κ3) is 7.93. The highest BCUT2D eigenvalue weighted by Crippen LogP contribution is 2.16. The van der Waals surface area contributed by atoms with Crippen molar-refractivity contribution >= 4 is 11.7 Å². The lowest BCUT2D eigenvalue weighted by Gasteiger charge is -2.09. The third-order valence-corrected chi connectivity index (χ3v) is 4.05. The highest BCUT2D eigenvalue weighted by molar-refractivity contribution is 6.36. The number of likely N-dealkylation sites (N-methyl/N-ethyl adjacent to an activating group) is 1. The normalized spacial score (nSPS) is 10.5. The van der Waals surface area contributed by atoms with E-state index in [1.165, 1.54) is 18.2 Å². The van der Waals surface area contributed by atoms with Gasteiger partial charge in [0.1, 0.15) is 0 Å². The van der Waals surface area contributed by atoms with Gasteiger partial charge >= 0.3 is 0 Å². The number of rotatable bonds is 12. The molecule has 4 nitrogen and oxygen atoms in total. The van der Waals surface area contributed by atoms with Gasteiger partial charge in [-0.25, -0.2) is 0 Å². The molecule has 1 aromatic rings. The molecule has 0 saturated carbocycles. The molecule has 1 amide bonds. The van der Waals surface area contributed by atoms with Crippen molar-refractivity contribution in [1.82, 2.24) is 5.32 Å². The Hall–Kier alpha value is -1.68. The van der Waals surface area contributed by atoms with Crippen molar-refractivity contribution in [3.8, 4) is 0 Å². The summed E-state index contributed by atoms with van der Waals surface area (Å²) in [6, 6.07) is 8.46. The molecule has 128 valence electrons. The van der Waals surface area contributed by atoms with Crippen LogP contribution in [0.4, 0.5) is 0 Å². The van der Waals surface area contributed by atoms with Crippen molar-refractivity contribution in [2.45, 2.75) is 57.8 Å². The molecule has 0 bridgehead atoms. The second-order valence-electron chi connectivity index (χ2n) is 5.87. The number of amides is 1. The van der Waals surface area contributed by atoms with Crippen LogP contribution in [-0.2, 0) is 22.4 Å². The van der Waals surface area contributed by atoms with E-state index >= 15 is 0 Å². The van der Waals surface area contributed by atoms with E-state index in [2.05, 4.69) is 29.6 Å². The SMILES string of the molecule is CNC(=O)C(=O)CCCCc1ccccc1CCCCCCO. The zero-order valence-corrected chi connectivity index (χ0v) is 14.1. The fourth-order valence-corrected chi connectivity index (χ4v) is 2.68. The number of aryl methyl sites for hydroxylation is 2. The Kier molecular flexibility index (Phi) is 9.96. The monoisotopic (exact) mass is 319 g/mol. The van der Waals surface area contributed by atoms with Crippen molar-refractivity contribution < 1.29 is 14.7 Å². The molecule has 1 rings (SSSR count). The summed E-state index contributed by atoms with van der Waals surface area (Å²) in [5.41, 5.74) is 2.73. The Morgan fingerprint density at radius 1 is 0.913 bits per heavy atom. The minimum Gasteiger partial charge on any atom is -0.396 e. The van der Waals surface area contributed by atoms with E-state index in [1.807, 2.05) is 0 Å². The quantitative estimate of drug-likeness (QED) is 0.460. The van der Waals surface area contributed by atoms with Gasteiger partial charge in [-0.05, 0) is 49.7 Å². The van der Waals surface area contributed by atoms with E-state index in [4.69, 9.17) is 5.11 Å². The predicted octanol–water partition coefficient (Wildman–Crippen LogP) is 2.81. The largest absolute Gasteiger partial charge is 0.396 e. The van der Waals surface area contributed by atoms with Gasteiger partial charge in [-0.3, -0.25) is 9.59 Å². The van der Waals surface area contributed by atoms with Crippen LogP contribution in [0.5, 0.6) is 0 Å². The summed E-state index contributed by atoms with van der Waals surface area (Å²) in [6.45, 7) is 0.283. The average Bonchev–Trinajstić information content (AvgIpc) is 2.58. The van der Waals surface area contributed by atoms with Gasteiger partial charge in [0.25, 0.3) is 5.91 Å². The first-order valence-corrected chi connectivity index (χ1v) is 8.61. The molecule has 0 heterocycles. The van der Waals surface area contributed by atoms with Crippen LogP contribution >= 0.6 is 0 Å². The Morgan fingerprint density at radius 3 is 2.04 bits per heavy atom. The molecule has 0 radical (unpaired) electrons. The molecule has 4 heteroatoms. The lowest BCUT2D eigenvalue weighted by atomic mass is 9.96.